The number of hydrogen-bond donors (Lipinski definition) is 0. The standard InChI is InChI=1S/C12H10N2O/c1-14-5-4-8-2-3-9-6-11(15)13-12(9)10(8)7-14/h2-5,7H,6H2,1H3. The van der Waals surface area contributed by atoms with Crippen LogP contribution in [0.4, 0.5) is 0 Å². The van der Waals surface area contributed by atoms with Gasteiger partial charge in [0.2, 0.25) is 0 Å². The molecule has 0 atom stereocenters. The van der Waals surface area contributed by atoms with E-state index in [1.165, 1.54) is 0 Å². The molecule has 0 bridgehead atoms. The lowest BCUT2D eigenvalue weighted by Crippen LogP contribution is -2.32. The van der Waals surface area contributed by atoms with Gasteiger partial charge in [-0.05, 0) is 17.2 Å². The Morgan fingerprint density at radius 1 is 1.40 bits per heavy atom. The number of hydrogen-bond acceptors (Lipinski definition) is 2. The number of benzene rings is 1. The molecule has 2 aliphatic rings. The Labute approximate surface area is 87.0 Å². The van der Waals surface area contributed by atoms with Crippen LogP contribution in [-0.2, 0) is 11.2 Å². The zero-order valence-electron chi connectivity index (χ0n) is 8.40. The average molecular weight is 198 g/mol. The van der Waals surface area contributed by atoms with Gasteiger partial charge in [0.05, 0.1) is 11.8 Å². The first-order valence-electron chi connectivity index (χ1n) is 4.89. The smallest absolute Gasteiger partial charge is 0.250 e. The molecule has 1 amide bonds. The molecule has 15 heavy (non-hydrogen) atoms. The number of nitrogens with zero attached hydrogens (tertiary/aromatic N) is 2. The Kier molecular flexibility index (Phi) is 1.57. The fourth-order valence-electron chi connectivity index (χ4n) is 2.00. The molecule has 1 aromatic rings. The van der Waals surface area contributed by atoms with Gasteiger partial charge in [-0.1, -0.05) is 12.1 Å². The summed E-state index contributed by atoms with van der Waals surface area (Å²) in [6, 6.07) is 4.04. The Balaban J connectivity index is 2.43. The van der Waals surface area contributed by atoms with Crippen LogP contribution in [0, 0.1) is 0 Å². The monoisotopic (exact) mass is 198 g/mol. The van der Waals surface area contributed by atoms with Crippen LogP contribution in [0.25, 0.3) is 12.3 Å². The lowest BCUT2D eigenvalue weighted by Gasteiger charge is -2.12. The van der Waals surface area contributed by atoms with Gasteiger partial charge in [0, 0.05) is 24.7 Å². The van der Waals surface area contributed by atoms with Gasteiger partial charge >= 0.3 is 0 Å². The third-order valence-electron chi connectivity index (χ3n) is 2.73. The SMILES string of the molecule is CN1C=Cc2ccc3c(c2=C1)=NC(=O)C3. The van der Waals surface area contributed by atoms with Crippen molar-refractivity contribution in [3.8, 4) is 0 Å². The molecule has 2 aliphatic heterocycles. The van der Waals surface area contributed by atoms with Crippen LogP contribution in [-0.4, -0.2) is 17.9 Å². The molecular formula is C12H10N2O. The Hall–Kier alpha value is -1.90. The van der Waals surface area contributed by atoms with E-state index in [1.54, 1.807) is 0 Å². The molecule has 0 N–H and O–H groups in total. The summed E-state index contributed by atoms with van der Waals surface area (Å²) in [5.41, 5.74) is 2.17. The van der Waals surface area contributed by atoms with E-state index < -0.39 is 0 Å². The highest BCUT2D eigenvalue weighted by molar-refractivity contribution is 5.82. The summed E-state index contributed by atoms with van der Waals surface area (Å²) in [5.74, 6) is -0.0380. The first-order valence-corrected chi connectivity index (χ1v) is 4.89. The molecular weight excluding hydrogens is 188 g/mol. The molecule has 3 rings (SSSR count). The first kappa shape index (κ1) is 8.41. The van der Waals surface area contributed by atoms with E-state index in [1.807, 2.05) is 42.6 Å². The molecule has 3 nitrogen and oxygen atoms in total. The van der Waals surface area contributed by atoms with Gasteiger partial charge in [0.1, 0.15) is 0 Å². The second-order valence-corrected chi connectivity index (χ2v) is 3.87. The van der Waals surface area contributed by atoms with Gasteiger partial charge in [0.15, 0.2) is 0 Å². The molecule has 0 saturated carbocycles. The molecule has 0 unspecified atom stereocenters. The van der Waals surface area contributed by atoms with Crippen molar-refractivity contribution in [1.29, 1.82) is 0 Å². The van der Waals surface area contributed by atoms with Gasteiger partial charge in [-0.15, -0.1) is 0 Å². The van der Waals surface area contributed by atoms with Crippen molar-refractivity contribution in [2.45, 2.75) is 6.42 Å². The van der Waals surface area contributed by atoms with Crippen molar-refractivity contribution in [2.24, 2.45) is 4.99 Å². The molecule has 1 aromatic carbocycles. The molecule has 2 heterocycles. The van der Waals surface area contributed by atoms with Crippen LogP contribution < -0.4 is 10.6 Å². The molecule has 0 aromatic heterocycles. The average Bonchev–Trinajstić information content (AvgIpc) is 2.58. The zero-order valence-corrected chi connectivity index (χ0v) is 8.40. The van der Waals surface area contributed by atoms with Crippen LogP contribution >= 0.6 is 0 Å². The van der Waals surface area contributed by atoms with Crippen molar-refractivity contribution in [3.05, 3.63) is 40.0 Å². The molecule has 3 heteroatoms. The predicted octanol–water partition coefficient (Wildman–Crippen LogP) is 0.0430. The third kappa shape index (κ3) is 1.20. The normalized spacial score (nSPS) is 16.9. The van der Waals surface area contributed by atoms with Gasteiger partial charge in [-0.3, -0.25) is 4.79 Å². The van der Waals surface area contributed by atoms with E-state index in [9.17, 15) is 4.79 Å². The summed E-state index contributed by atoms with van der Waals surface area (Å²) >= 11 is 0. The Bertz CT molecular complexity index is 599. The number of carbonyl (C=O) groups is 1. The second kappa shape index (κ2) is 2.79. The molecule has 0 aliphatic carbocycles. The largest absolute Gasteiger partial charge is 0.357 e. The Morgan fingerprint density at radius 2 is 2.27 bits per heavy atom. The highest BCUT2D eigenvalue weighted by Crippen LogP contribution is 2.06. The maximum absolute atomic E-state index is 11.3. The lowest BCUT2D eigenvalue weighted by atomic mass is 10.1. The van der Waals surface area contributed by atoms with E-state index in [0.29, 0.717) is 6.42 Å². The minimum Gasteiger partial charge on any atom is -0.357 e. The lowest BCUT2D eigenvalue weighted by molar-refractivity contribution is -0.116. The van der Waals surface area contributed by atoms with Crippen LogP contribution in [0.1, 0.15) is 11.1 Å². The minimum absolute atomic E-state index is 0.0380. The molecule has 0 radical (unpaired) electrons. The van der Waals surface area contributed by atoms with Crippen molar-refractivity contribution in [1.82, 2.24) is 4.90 Å². The Morgan fingerprint density at radius 3 is 3.13 bits per heavy atom. The maximum Gasteiger partial charge on any atom is 0.250 e. The highest BCUT2D eigenvalue weighted by Gasteiger charge is 2.14. The van der Waals surface area contributed by atoms with Crippen molar-refractivity contribution in [2.75, 3.05) is 7.05 Å². The number of fused-ring (bicyclic) bond motifs is 3. The predicted molar refractivity (Wildman–Crippen MR) is 57.2 cm³/mol. The van der Waals surface area contributed by atoms with Crippen LogP contribution in [0.2, 0.25) is 0 Å². The maximum atomic E-state index is 11.3. The summed E-state index contributed by atoms with van der Waals surface area (Å²) in [5, 5.41) is 1.91. The zero-order chi connectivity index (χ0) is 10.4. The van der Waals surface area contributed by atoms with Crippen LogP contribution in [0.15, 0.2) is 23.3 Å². The molecule has 0 spiro atoms. The van der Waals surface area contributed by atoms with Crippen LogP contribution in [0.3, 0.4) is 0 Å². The van der Waals surface area contributed by atoms with Crippen molar-refractivity contribution < 1.29 is 4.79 Å². The van der Waals surface area contributed by atoms with E-state index >= 15 is 0 Å². The van der Waals surface area contributed by atoms with Gasteiger partial charge in [0.25, 0.3) is 5.91 Å². The third-order valence-corrected chi connectivity index (χ3v) is 2.73. The quantitative estimate of drug-likeness (QED) is 0.589. The van der Waals surface area contributed by atoms with Crippen LogP contribution in [0.5, 0.6) is 0 Å². The van der Waals surface area contributed by atoms with E-state index in [-0.39, 0.29) is 5.91 Å². The number of rotatable bonds is 0. The minimum atomic E-state index is -0.0380. The van der Waals surface area contributed by atoms with Crippen molar-refractivity contribution >= 4 is 18.2 Å². The van der Waals surface area contributed by atoms with E-state index in [4.69, 9.17) is 0 Å². The number of carbonyl (C=O) groups excluding carboxylic acids is 1. The van der Waals surface area contributed by atoms with E-state index in [0.717, 1.165) is 21.7 Å². The summed E-state index contributed by atoms with van der Waals surface area (Å²) in [4.78, 5) is 17.3. The summed E-state index contributed by atoms with van der Waals surface area (Å²) in [6.07, 6.45) is 6.49. The van der Waals surface area contributed by atoms with Gasteiger partial charge < -0.3 is 4.90 Å². The van der Waals surface area contributed by atoms with Gasteiger partial charge in [-0.2, -0.15) is 0 Å². The van der Waals surface area contributed by atoms with E-state index in [2.05, 4.69) is 4.99 Å². The second-order valence-electron chi connectivity index (χ2n) is 3.87. The first-order chi connectivity index (χ1) is 7.24. The summed E-state index contributed by atoms with van der Waals surface area (Å²) in [6.45, 7) is 0. The molecule has 0 saturated heterocycles. The summed E-state index contributed by atoms with van der Waals surface area (Å²) < 4.78 is 0. The van der Waals surface area contributed by atoms with Gasteiger partial charge in [-0.25, -0.2) is 4.99 Å². The summed E-state index contributed by atoms with van der Waals surface area (Å²) in [7, 11) is 1.97. The number of amides is 1. The molecule has 0 fully saturated rings. The fraction of sp³-hybridized carbons (Fsp3) is 0.167. The topological polar surface area (TPSA) is 32.7 Å². The fourth-order valence-corrected chi connectivity index (χ4v) is 2.00. The van der Waals surface area contributed by atoms with Crippen molar-refractivity contribution in [3.63, 3.8) is 0 Å². The highest BCUT2D eigenvalue weighted by atomic mass is 16.1. The molecule has 74 valence electrons.